The Kier molecular flexibility index (Phi) is 6.85. The number of likely N-dealkylation sites (tertiary alicyclic amines) is 1. The van der Waals surface area contributed by atoms with Gasteiger partial charge in [0.1, 0.15) is 5.75 Å². The van der Waals surface area contributed by atoms with Crippen LogP contribution in [0.15, 0.2) is 30.3 Å². The van der Waals surface area contributed by atoms with Crippen LogP contribution >= 0.6 is 0 Å². The SMILES string of the molecule is CC(C)Oc1ccc(C(=O)N2CCC3(CC2)c2ccc(C(F)(F)C(F)(F)F)n2CCN3C)cc1CO.[HH]. The molecular weight excluding hydrogens is 485 g/mol. The van der Waals surface area contributed by atoms with Crippen molar-refractivity contribution in [1.29, 1.82) is 0 Å². The third-order valence-electron chi connectivity index (χ3n) is 7.24. The zero-order chi connectivity index (χ0) is 26.5. The minimum absolute atomic E-state index is 0. The fraction of sp³-hybridized carbons (Fsp3) is 0.560. The highest BCUT2D eigenvalue weighted by Crippen LogP contribution is 2.48. The van der Waals surface area contributed by atoms with Crippen molar-refractivity contribution in [2.24, 2.45) is 0 Å². The highest BCUT2D eigenvalue weighted by atomic mass is 19.4. The smallest absolute Gasteiger partial charge is 0.459 e. The number of halogens is 5. The molecule has 0 saturated carbocycles. The molecule has 1 amide bonds. The lowest BCUT2D eigenvalue weighted by Crippen LogP contribution is -2.57. The Morgan fingerprint density at radius 3 is 2.33 bits per heavy atom. The summed E-state index contributed by atoms with van der Waals surface area (Å²) in [7, 11) is 1.83. The predicted octanol–water partition coefficient (Wildman–Crippen LogP) is 4.74. The summed E-state index contributed by atoms with van der Waals surface area (Å²) >= 11 is 0. The van der Waals surface area contributed by atoms with E-state index in [9.17, 15) is 31.9 Å². The van der Waals surface area contributed by atoms with Crippen LogP contribution in [0.3, 0.4) is 0 Å². The number of aliphatic hydroxyl groups is 1. The van der Waals surface area contributed by atoms with Crippen LogP contribution in [0, 0.1) is 0 Å². The lowest BCUT2D eigenvalue weighted by molar-refractivity contribution is -0.292. The fourth-order valence-corrected chi connectivity index (χ4v) is 5.30. The van der Waals surface area contributed by atoms with E-state index in [2.05, 4.69) is 0 Å². The maximum Gasteiger partial charge on any atom is 0.459 e. The summed E-state index contributed by atoms with van der Waals surface area (Å²) in [6, 6.07) is 7.11. The molecular formula is C25H32F5N3O3. The first kappa shape index (κ1) is 26.4. The molecule has 0 radical (unpaired) electrons. The van der Waals surface area contributed by atoms with Gasteiger partial charge in [-0.3, -0.25) is 9.69 Å². The van der Waals surface area contributed by atoms with E-state index >= 15 is 0 Å². The van der Waals surface area contributed by atoms with Crippen molar-refractivity contribution in [3.05, 3.63) is 52.8 Å². The maximum absolute atomic E-state index is 14.2. The van der Waals surface area contributed by atoms with Crippen LogP contribution in [0.25, 0.3) is 0 Å². The second kappa shape index (κ2) is 9.33. The van der Waals surface area contributed by atoms with Crippen molar-refractivity contribution >= 4 is 5.91 Å². The summed E-state index contributed by atoms with van der Waals surface area (Å²) in [5.41, 5.74) is -0.499. The van der Waals surface area contributed by atoms with Crippen molar-refractivity contribution in [2.75, 3.05) is 26.7 Å². The van der Waals surface area contributed by atoms with E-state index in [1.807, 2.05) is 25.8 Å². The Labute approximate surface area is 207 Å². The summed E-state index contributed by atoms with van der Waals surface area (Å²) in [6.45, 7) is 4.37. The van der Waals surface area contributed by atoms with Gasteiger partial charge in [0.25, 0.3) is 5.91 Å². The minimum Gasteiger partial charge on any atom is -0.491 e. The maximum atomic E-state index is 14.2. The lowest BCUT2D eigenvalue weighted by atomic mass is 9.81. The normalized spacial score (nSPS) is 18.6. The highest BCUT2D eigenvalue weighted by Gasteiger charge is 2.61. The molecule has 1 saturated heterocycles. The third kappa shape index (κ3) is 4.36. The number of amides is 1. The molecule has 200 valence electrons. The number of nitrogens with zero attached hydrogens (tertiary/aromatic N) is 3. The quantitative estimate of drug-likeness (QED) is 0.582. The molecule has 36 heavy (non-hydrogen) atoms. The van der Waals surface area contributed by atoms with Gasteiger partial charge in [0.15, 0.2) is 0 Å². The van der Waals surface area contributed by atoms with Gasteiger partial charge in [0, 0.05) is 44.4 Å². The molecule has 2 aromatic rings. The van der Waals surface area contributed by atoms with Crippen LogP contribution < -0.4 is 4.74 Å². The van der Waals surface area contributed by atoms with Gasteiger partial charge in [-0.15, -0.1) is 0 Å². The number of likely N-dealkylation sites (N-methyl/N-ethyl adjacent to an activating group) is 1. The van der Waals surface area contributed by atoms with E-state index in [1.165, 1.54) is 6.07 Å². The van der Waals surface area contributed by atoms with Gasteiger partial charge < -0.3 is 19.3 Å². The molecule has 1 spiro atoms. The molecule has 0 unspecified atom stereocenters. The summed E-state index contributed by atoms with van der Waals surface area (Å²) in [6.07, 6.45) is -5.01. The molecule has 0 aliphatic carbocycles. The number of aliphatic hydroxyl groups excluding tert-OH is 1. The highest BCUT2D eigenvalue weighted by molar-refractivity contribution is 5.94. The Balaban J connectivity index is 0.00000380. The fourth-order valence-electron chi connectivity index (χ4n) is 5.30. The minimum atomic E-state index is -5.68. The monoisotopic (exact) mass is 517 g/mol. The number of ether oxygens (including phenoxy) is 1. The van der Waals surface area contributed by atoms with Crippen molar-refractivity contribution in [2.45, 2.75) is 63.6 Å². The molecule has 11 heteroatoms. The number of aromatic nitrogens is 1. The number of carbonyl (C=O) groups is 1. The summed E-state index contributed by atoms with van der Waals surface area (Å²) in [4.78, 5) is 16.8. The van der Waals surface area contributed by atoms with Crippen molar-refractivity contribution in [3.8, 4) is 5.75 Å². The summed E-state index contributed by atoms with van der Waals surface area (Å²) in [5, 5.41) is 9.71. The largest absolute Gasteiger partial charge is 0.491 e. The van der Waals surface area contributed by atoms with Crippen molar-refractivity contribution < 1.29 is 38.0 Å². The first-order valence-electron chi connectivity index (χ1n) is 11.9. The summed E-state index contributed by atoms with van der Waals surface area (Å²) < 4.78 is 74.4. The molecule has 4 rings (SSSR count). The Morgan fingerprint density at radius 1 is 1.08 bits per heavy atom. The molecule has 2 aliphatic heterocycles. The van der Waals surface area contributed by atoms with E-state index in [4.69, 9.17) is 4.74 Å². The van der Waals surface area contributed by atoms with Crippen molar-refractivity contribution in [1.82, 2.24) is 14.4 Å². The van der Waals surface area contributed by atoms with Gasteiger partial charge in [-0.2, -0.15) is 22.0 Å². The zero-order valence-corrected chi connectivity index (χ0v) is 20.4. The van der Waals surface area contributed by atoms with Crippen LogP contribution in [0.2, 0.25) is 0 Å². The zero-order valence-electron chi connectivity index (χ0n) is 20.4. The van der Waals surface area contributed by atoms with Crippen molar-refractivity contribution in [3.63, 3.8) is 0 Å². The van der Waals surface area contributed by atoms with Crippen LogP contribution in [-0.2, 0) is 24.6 Å². The number of carbonyl (C=O) groups excluding carboxylic acids is 1. The van der Waals surface area contributed by atoms with Crippen LogP contribution in [0.1, 0.15) is 55.4 Å². The van der Waals surface area contributed by atoms with Crippen LogP contribution in [0.5, 0.6) is 5.75 Å². The van der Waals surface area contributed by atoms with E-state index in [0.717, 1.165) is 10.6 Å². The number of rotatable bonds is 5. The van der Waals surface area contributed by atoms with E-state index in [-0.39, 0.29) is 26.6 Å². The Bertz CT molecular complexity index is 1130. The summed E-state index contributed by atoms with van der Waals surface area (Å²) in [5.74, 6) is -4.69. The van der Waals surface area contributed by atoms with Gasteiger partial charge in [-0.05, 0) is 64.1 Å². The first-order chi connectivity index (χ1) is 16.8. The lowest BCUT2D eigenvalue weighted by Gasteiger charge is -2.50. The van der Waals surface area contributed by atoms with Crippen LogP contribution in [-0.4, -0.2) is 64.3 Å². The average molecular weight is 518 g/mol. The van der Waals surface area contributed by atoms with Gasteiger partial charge in [0.05, 0.1) is 23.9 Å². The standard InChI is InChI=1S/C25H30F5N3O3.H2/c1-16(2)36-19-5-4-17(14-18(19)15-34)22(35)32-10-8-23(9-11-32)20-6-7-21(24(26,27)25(28,29)30)33(20)13-12-31(23)3;/h4-7,14,16,34H,8-13,15H2,1-3H3;1H. The van der Waals surface area contributed by atoms with Crippen LogP contribution in [0.4, 0.5) is 22.0 Å². The van der Waals surface area contributed by atoms with E-state index < -0.39 is 23.3 Å². The predicted molar refractivity (Wildman–Crippen MR) is 124 cm³/mol. The third-order valence-corrected chi connectivity index (χ3v) is 7.24. The Morgan fingerprint density at radius 2 is 1.75 bits per heavy atom. The van der Waals surface area contributed by atoms with E-state index in [1.54, 1.807) is 23.1 Å². The van der Waals surface area contributed by atoms with Gasteiger partial charge >= 0.3 is 12.1 Å². The first-order valence-corrected chi connectivity index (χ1v) is 11.9. The second-order valence-corrected chi connectivity index (χ2v) is 9.72. The molecule has 0 bridgehead atoms. The topological polar surface area (TPSA) is 57.9 Å². The number of fused-ring (bicyclic) bond motifs is 2. The van der Waals surface area contributed by atoms with E-state index in [0.29, 0.717) is 55.0 Å². The second-order valence-electron chi connectivity index (χ2n) is 9.72. The van der Waals surface area contributed by atoms with Gasteiger partial charge in [-0.1, -0.05) is 0 Å². The number of hydrogen-bond acceptors (Lipinski definition) is 4. The number of piperidine rings is 1. The number of alkyl halides is 5. The molecule has 1 aromatic carbocycles. The molecule has 1 aromatic heterocycles. The molecule has 0 atom stereocenters. The van der Waals surface area contributed by atoms with Gasteiger partial charge in [0.2, 0.25) is 0 Å². The molecule has 1 N–H and O–H groups in total. The average Bonchev–Trinajstić information content (AvgIpc) is 3.27. The number of hydrogen-bond donors (Lipinski definition) is 1. The Hall–Kier alpha value is -2.66. The molecule has 6 nitrogen and oxygen atoms in total. The molecule has 3 heterocycles. The number of benzene rings is 1. The van der Waals surface area contributed by atoms with Gasteiger partial charge in [-0.25, -0.2) is 0 Å². The molecule has 2 aliphatic rings. The molecule has 1 fully saturated rings.